The van der Waals surface area contributed by atoms with Gasteiger partial charge in [0.25, 0.3) is 0 Å². The maximum atomic E-state index is 4.70. The minimum absolute atomic E-state index is 0.683. The van der Waals surface area contributed by atoms with Gasteiger partial charge < -0.3 is 4.90 Å². The minimum atomic E-state index is 0.683. The van der Waals surface area contributed by atoms with Gasteiger partial charge in [0.15, 0.2) is 11.5 Å². The van der Waals surface area contributed by atoms with Crippen LogP contribution >= 0.6 is 0 Å². The molecule has 26 heavy (non-hydrogen) atoms. The third kappa shape index (κ3) is 2.97. The third-order valence-corrected chi connectivity index (χ3v) is 6.55. The maximum absolute atomic E-state index is 4.70. The Morgan fingerprint density at radius 3 is 2.27 bits per heavy atom. The van der Waals surface area contributed by atoms with Crippen LogP contribution in [0.4, 0.5) is 5.82 Å². The number of rotatable bonds is 3. The van der Waals surface area contributed by atoms with Gasteiger partial charge in [-0.2, -0.15) is 4.52 Å². The molecule has 0 spiro atoms. The summed E-state index contributed by atoms with van der Waals surface area (Å²) in [4.78, 5) is 7.83. The molecule has 2 aromatic heterocycles. The van der Waals surface area contributed by atoms with Crippen LogP contribution in [0.3, 0.4) is 0 Å². The van der Waals surface area contributed by atoms with Crippen molar-refractivity contribution in [3.8, 4) is 0 Å². The van der Waals surface area contributed by atoms with E-state index in [1.54, 1.807) is 0 Å². The van der Waals surface area contributed by atoms with Gasteiger partial charge in [-0.25, -0.2) is 0 Å². The molecule has 2 aromatic rings. The highest BCUT2D eigenvalue weighted by molar-refractivity contribution is 5.47. The Hall–Kier alpha value is -1.73. The topological polar surface area (TPSA) is 52.8 Å². The molecule has 7 heteroatoms. The summed E-state index contributed by atoms with van der Waals surface area (Å²) in [6.45, 7) is 9.09. The van der Waals surface area contributed by atoms with Crippen molar-refractivity contribution in [2.75, 3.05) is 44.2 Å². The summed E-state index contributed by atoms with van der Waals surface area (Å²) in [7, 11) is 0. The van der Waals surface area contributed by atoms with Gasteiger partial charge >= 0.3 is 0 Å². The summed E-state index contributed by atoms with van der Waals surface area (Å²) in [5.74, 6) is 1.88. The molecular formula is C19H29N7. The monoisotopic (exact) mass is 355 g/mol. The second kappa shape index (κ2) is 6.78. The molecule has 3 aliphatic rings. The molecule has 1 saturated carbocycles. The van der Waals surface area contributed by atoms with E-state index in [4.69, 9.17) is 5.10 Å². The van der Waals surface area contributed by atoms with E-state index in [1.807, 2.05) is 17.5 Å². The third-order valence-electron chi connectivity index (χ3n) is 6.55. The number of nitrogens with zero attached hydrogens (tertiary/aromatic N) is 7. The van der Waals surface area contributed by atoms with Gasteiger partial charge in [-0.3, -0.25) is 9.80 Å². The predicted octanol–water partition coefficient (Wildman–Crippen LogP) is 1.57. The molecule has 3 fully saturated rings. The Kier molecular flexibility index (Phi) is 4.29. The predicted molar refractivity (Wildman–Crippen MR) is 102 cm³/mol. The lowest BCUT2D eigenvalue weighted by Gasteiger charge is -2.49. The summed E-state index contributed by atoms with van der Waals surface area (Å²) in [6.07, 6.45) is 7.17. The molecule has 5 rings (SSSR count). The lowest BCUT2D eigenvalue weighted by atomic mass is 9.93. The van der Waals surface area contributed by atoms with E-state index >= 15 is 0 Å². The largest absolute Gasteiger partial charge is 0.352 e. The van der Waals surface area contributed by atoms with Crippen LogP contribution in [-0.4, -0.2) is 81.0 Å². The van der Waals surface area contributed by atoms with Crippen molar-refractivity contribution in [3.05, 3.63) is 18.0 Å². The van der Waals surface area contributed by atoms with Crippen molar-refractivity contribution in [3.63, 3.8) is 0 Å². The van der Waals surface area contributed by atoms with E-state index in [0.717, 1.165) is 36.4 Å². The van der Waals surface area contributed by atoms with Gasteiger partial charge in [-0.05, 0) is 31.9 Å². The highest BCUT2D eigenvalue weighted by Crippen LogP contribution is 2.26. The molecule has 0 aromatic carbocycles. The number of aryl methyl sites for hydroxylation is 1. The number of anilines is 1. The second-order valence-corrected chi connectivity index (χ2v) is 8.13. The molecule has 0 N–H and O–H groups in total. The standard InChI is InChI=1S/C19H29N7/c1-15-20-21-18-7-8-19(22-26(15)18)25-13-17(14-25)24-11-9-23(10-12-24)16-5-3-2-4-6-16/h7-8,16-17H,2-6,9-14H2,1H3. The average molecular weight is 355 g/mol. The average Bonchev–Trinajstić information content (AvgIpc) is 3.03. The summed E-state index contributed by atoms with van der Waals surface area (Å²) >= 11 is 0. The van der Waals surface area contributed by atoms with Gasteiger partial charge in [0.1, 0.15) is 5.82 Å². The molecule has 2 aliphatic heterocycles. The SMILES string of the molecule is Cc1nnc2ccc(N3CC(N4CCN(C5CCCCC5)CC4)C3)nn12. The molecule has 2 saturated heterocycles. The first-order valence-electron chi connectivity index (χ1n) is 10.2. The van der Waals surface area contributed by atoms with Gasteiger partial charge in [0.2, 0.25) is 0 Å². The van der Waals surface area contributed by atoms with E-state index in [-0.39, 0.29) is 0 Å². The van der Waals surface area contributed by atoms with Crippen LogP contribution in [-0.2, 0) is 0 Å². The molecule has 0 radical (unpaired) electrons. The number of hydrogen-bond donors (Lipinski definition) is 0. The smallest absolute Gasteiger partial charge is 0.178 e. The van der Waals surface area contributed by atoms with Crippen molar-refractivity contribution < 1.29 is 0 Å². The summed E-state index contributed by atoms with van der Waals surface area (Å²) in [6, 6.07) is 5.63. The molecule has 140 valence electrons. The molecule has 0 atom stereocenters. The van der Waals surface area contributed by atoms with Crippen LogP contribution in [0.2, 0.25) is 0 Å². The fourth-order valence-electron chi connectivity index (χ4n) is 4.84. The van der Waals surface area contributed by atoms with E-state index in [9.17, 15) is 0 Å². The van der Waals surface area contributed by atoms with Crippen molar-refractivity contribution in [2.45, 2.75) is 51.1 Å². The Balaban J connectivity index is 1.15. The molecule has 4 heterocycles. The van der Waals surface area contributed by atoms with Crippen molar-refractivity contribution in [2.24, 2.45) is 0 Å². The molecule has 7 nitrogen and oxygen atoms in total. The van der Waals surface area contributed by atoms with Crippen LogP contribution in [0.25, 0.3) is 5.65 Å². The highest BCUT2D eigenvalue weighted by Gasteiger charge is 2.35. The Morgan fingerprint density at radius 1 is 0.846 bits per heavy atom. The minimum Gasteiger partial charge on any atom is -0.352 e. The van der Waals surface area contributed by atoms with Gasteiger partial charge in [-0.15, -0.1) is 15.3 Å². The molecule has 0 amide bonds. The normalized spacial score (nSPS) is 24.3. The quantitative estimate of drug-likeness (QED) is 0.833. The lowest BCUT2D eigenvalue weighted by Crippen LogP contribution is -2.64. The summed E-state index contributed by atoms with van der Waals surface area (Å²) < 4.78 is 1.84. The zero-order chi connectivity index (χ0) is 17.5. The second-order valence-electron chi connectivity index (χ2n) is 8.13. The van der Waals surface area contributed by atoms with Crippen molar-refractivity contribution in [1.29, 1.82) is 0 Å². The number of piperazine rings is 1. The fourth-order valence-corrected chi connectivity index (χ4v) is 4.84. The van der Waals surface area contributed by atoms with Gasteiger partial charge in [0, 0.05) is 51.4 Å². The number of aromatic nitrogens is 4. The lowest BCUT2D eigenvalue weighted by molar-refractivity contribution is 0.0486. The van der Waals surface area contributed by atoms with Crippen LogP contribution < -0.4 is 4.90 Å². The van der Waals surface area contributed by atoms with Crippen LogP contribution in [0.1, 0.15) is 37.9 Å². The molecule has 0 unspecified atom stereocenters. The van der Waals surface area contributed by atoms with E-state index in [1.165, 1.54) is 58.3 Å². The molecule has 1 aliphatic carbocycles. The molecule has 0 bridgehead atoms. The van der Waals surface area contributed by atoms with Crippen molar-refractivity contribution >= 4 is 11.5 Å². The first-order chi connectivity index (χ1) is 12.8. The summed E-state index contributed by atoms with van der Waals surface area (Å²) in [5, 5.41) is 12.9. The van der Waals surface area contributed by atoms with E-state index in [0.29, 0.717) is 6.04 Å². The van der Waals surface area contributed by atoms with Gasteiger partial charge in [-0.1, -0.05) is 19.3 Å². The zero-order valence-electron chi connectivity index (χ0n) is 15.7. The highest BCUT2D eigenvalue weighted by atomic mass is 15.4. The van der Waals surface area contributed by atoms with E-state index < -0.39 is 0 Å². The first-order valence-corrected chi connectivity index (χ1v) is 10.2. The number of fused-ring (bicyclic) bond motifs is 1. The van der Waals surface area contributed by atoms with Crippen molar-refractivity contribution in [1.82, 2.24) is 29.6 Å². The Morgan fingerprint density at radius 2 is 1.54 bits per heavy atom. The van der Waals surface area contributed by atoms with Crippen LogP contribution in [0.15, 0.2) is 12.1 Å². The zero-order valence-corrected chi connectivity index (χ0v) is 15.7. The Bertz CT molecular complexity index is 752. The van der Waals surface area contributed by atoms with Crippen LogP contribution in [0, 0.1) is 6.92 Å². The first kappa shape index (κ1) is 16.4. The number of hydrogen-bond acceptors (Lipinski definition) is 6. The molecular weight excluding hydrogens is 326 g/mol. The Labute approximate surface area is 155 Å². The maximum Gasteiger partial charge on any atom is 0.178 e. The van der Waals surface area contributed by atoms with Gasteiger partial charge in [0.05, 0.1) is 0 Å². The fraction of sp³-hybridized carbons (Fsp3) is 0.737. The van der Waals surface area contributed by atoms with Crippen LogP contribution in [0.5, 0.6) is 0 Å². The van der Waals surface area contributed by atoms with E-state index in [2.05, 4.69) is 31.0 Å². The summed E-state index contributed by atoms with van der Waals surface area (Å²) in [5.41, 5.74) is 0.821.